The molecule has 114 valence electrons. The van der Waals surface area contributed by atoms with Gasteiger partial charge in [-0.3, -0.25) is 4.79 Å². The summed E-state index contributed by atoms with van der Waals surface area (Å²) in [5.74, 6) is -4.09. The molecule has 1 heterocycles. The first-order chi connectivity index (χ1) is 9.13. The molecule has 0 unspecified atom stereocenters. The van der Waals surface area contributed by atoms with E-state index in [2.05, 4.69) is 0 Å². The van der Waals surface area contributed by atoms with Gasteiger partial charge in [-0.15, -0.1) is 0 Å². The van der Waals surface area contributed by atoms with Crippen molar-refractivity contribution < 1.29 is 26.4 Å². The Kier molecular flexibility index (Phi) is 4.84. The molecule has 0 aliphatic heterocycles. The molecular weight excluding hydrogens is 296 g/mol. The molecule has 10 heteroatoms. The third-order valence-corrected chi connectivity index (χ3v) is 3.75. The lowest BCUT2D eigenvalue weighted by Crippen LogP contribution is -2.41. The van der Waals surface area contributed by atoms with Crippen molar-refractivity contribution in [2.75, 3.05) is 20.1 Å². The van der Waals surface area contributed by atoms with Crippen LogP contribution in [0.4, 0.5) is 8.78 Å². The number of hydrogen-bond acceptors (Lipinski definition) is 5. The van der Waals surface area contributed by atoms with Gasteiger partial charge in [0.1, 0.15) is 5.76 Å². The number of rotatable bonds is 6. The molecule has 0 aromatic carbocycles. The van der Waals surface area contributed by atoms with E-state index in [1.54, 1.807) is 0 Å². The highest BCUT2D eigenvalue weighted by Gasteiger charge is 2.29. The molecule has 20 heavy (non-hydrogen) atoms. The van der Waals surface area contributed by atoms with Crippen molar-refractivity contribution in [2.45, 2.75) is 17.9 Å². The maximum absolute atomic E-state index is 12.9. The summed E-state index contributed by atoms with van der Waals surface area (Å²) in [6.07, 6.45) is 0. The summed E-state index contributed by atoms with van der Waals surface area (Å²) in [5, 5.41) is 1.51. The number of furan rings is 1. The first kappa shape index (κ1) is 16.5. The van der Waals surface area contributed by atoms with Crippen LogP contribution in [0, 0.1) is 6.92 Å². The van der Waals surface area contributed by atoms with Crippen LogP contribution in [0.15, 0.2) is 15.6 Å². The molecule has 0 bridgehead atoms. The molecule has 0 saturated carbocycles. The Morgan fingerprint density at radius 1 is 1.50 bits per heavy atom. The number of carbonyl (C=O) groups excluding carboxylic acids is 1. The zero-order valence-corrected chi connectivity index (χ0v) is 11.7. The van der Waals surface area contributed by atoms with Gasteiger partial charge in [0.15, 0.2) is 0 Å². The fourth-order valence-electron chi connectivity index (χ4n) is 1.29. The first-order valence-corrected chi connectivity index (χ1v) is 7.01. The summed E-state index contributed by atoms with van der Waals surface area (Å²) in [4.78, 5) is 11.7. The number of amides is 1. The fraction of sp³-hybridized carbons (Fsp3) is 0.500. The van der Waals surface area contributed by atoms with Gasteiger partial charge in [0.2, 0.25) is 5.09 Å². The molecule has 0 fully saturated rings. The van der Waals surface area contributed by atoms with Crippen LogP contribution in [-0.4, -0.2) is 40.4 Å². The highest BCUT2D eigenvalue weighted by Crippen LogP contribution is 2.19. The molecule has 1 amide bonds. The molecule has 1 rings (SSSR count). The lowest BCUT2D eigenvalue weighted by molar-refractivity contribution is 0.0118. The van der Waals surface area contributed by atoms with Crippen LogP contribution >= 0.6 is 0 Å². The van der Waals surface area contributed by atoms with E-state index in [0.29, 0.717) is 0 Å². The number of aryl methyl sites for hydroxylation is 1. The Balaban J connectivity index is 2.91. The average Bonchev–Trinajstić information content (AvgIpc) is 2.79. The molecule has 0 saturated heterocycles. The Labute approximate surface area is 114 Å². The van der Waals surface area contributed by atoms with E-state index in [4.69, 9.17) is 10.2 Å². The van der Waals surface area contributed by atoms with Crippen LogP contribution in [-0.2, 0) is 10.0 Å². The Bertz CT molecular complexity index is 598. The summed E-state index contributed by atoms with van der Waals surface area (Å²) in [6.45, 7) is -0.497. The van der Waals surface area contributed by atoms with Crippen molar-refractivity contribution >= 4 is 15.9 Å². The molecule has 1 aromatic rings. The second-order valence-electron chi connectivity index (χ2n) is 3.99. The molecule has 0 radical (unpaired) electrons. The summed E-state index contributed by atoms with van der Waals surface area (Å²) in [5.41, 5.74) is 4.70. The van der Waals surface area contributed by atoms with Gasteiger partial charge in [-0.2, -0.15) is 0 Å². The van der Waals surface area contributed by atoms with Crippen molar-refractivity contribution in [3.8, 4) is 0 Å². The topological polar surface area (TPSA) is 114 Å². The molecule has 0 spiro atoms. The number of sulfonamides is 1. The van der Waals surface area contributed by atoms with Gasteiger partial charge in [-0.05, 0) is 14.0 Å². The average molecular weight is 311 g/mol. The number of hydrogen-bond donors (Lipinski definition) is 3. The molecule has 0 aliphatic rings. The number of alkyl halides is 2. The van der Waals surface area contributed by atoms with Gasteiger partial charge in [0.25, 0.3) is 21.9 Å². The van der Waals surface area contributed by atoms with Gasteiger partial charge >= 0.3 is 0 Å². The lowest BCUT2D eigenvalue weighted by Gasteiger charge is -2.14. The van der Waals surface area contributed by atoms with E-state index in [9.17, 15) is 22.0 Å². The van der Waals surface area contributed by atoms with E-state index in [1.807, 2.05) is 10.0 Å². The van der Waals surface area contributed by atoms with Gasteiger partial charge in [0, 0.05) is 6.07 Å². The summed E-state index contributed by atoms with van der Waals surface area (Å²) < 4.78 is 55.7. The van der Waals surface area contributed by atoms with Crippen molar-refractivity contribution in [3.05, 3.63) is 17.4 Å². The maximum Gasteiger partial charge on any atom is 0.277 e. The first-order valence-electron chi connectivity index (χ1n) is 5.53. The third-order valence-electron chi connectivity index (χ3n) is 2.48. The van der Waals surface area contributed by atoms with Gasteiger partial charge in [-0.1, -0.05) is 0 Å². The predicted molar refractivity (Wildman–Crippen MR) is 66.0 cm³/mol. The summed E-state index contributed by atoms with van der Waals surface area (Å²) in [6, 6.07) is 0.969. The molecule has 4 N–H and O–H groups in total. The SMILES string of the molecule is CNS(=O)(=O)c1cc(C(=O)NCC(F)(F)CN)c(C)o1. The largest absolute Gasteiger partial charge is 0.448 e. The van der Waals surface area contributed by atoms with E-state index in [0.717, 1.165) is 6.07 Å². The standard InChI is InChI=1S/C10H15F2N3O4S/c1-6-7(3-8(19-6)20(17,18)14-2)9(16)15-5-10(11,12)4-13/h3,14H,4-5,13H2,1-2H3,(H,15,16). The van der Waals surface area contributed by atoms with Crippen LogP contribution in [0.2, 0.25) is 0 Å². The summed E-state index contributed by atoms with van der Waals surface area (Å²) in [7, 11) is -2.67. The van der Waals surface area contributed by atoms with Crippen LogP contribution in [0.25, 0.3) is 0 Å². The minimum Gasteiger partial charge on any atom is -0.448 e. The molecule has 0 atom stereocenters. The zero-order valence-electron chi connectivity index (χ0n) is 10.9. The normalized spacial score (nSPS) is 12.4. The summed E-state index contributed by atoms with van der Waals surface area (Å²) >= 11 is 0. The van der Waals surface area contributed by atoms with E-state index in [1.165, 1.54) is 14.0 Å². The molecule has 0 aliphatic carbocycles. The quantitative estimate of drug-likeness (QED) is 0.674. The van der Waals surface area contributed by atoms with E-state index >= 15 is 0 Å². The maximum atomic E-state index is 12.9. The van der Waals surface area contributed by atoms with Crippen LogP contribution in [0.3, 0.4) is 0 Å². The highest BCUT2D eigenvalue weighted by molar-refractivity contribution is 7.89. The number of carbonyl (C=O) groups is 1. The van der Waals surface area contributed by atoms with Crippen LogP contribution in [0.1, 0.15) is 16.1 Å². The number of halogens is 2. The Morgan fingerprint density at radius 3 is 2.60 bits per heavy atom. The molecule has 7 nitrogen and oxygen atoms in total. The van der Waals surface area contributed by atoms with Crippen molar-refractivity contribution in [1.29, 1.82) is 0 Å². The van der Waals surface area contributed by atoms with E-state index in [-0.39, 0.29) is 11.3 Å². The third kappa shape index (κ3) is 3.74. The second kappa shape index (κ2) is 5.85. The van der Waals surface area contributed by atoms with Gasteiger partial charge < -0.3 is 15.5 Å². The van der Waals surface area contributed by atoms with Crippen molar-refractivity contribution in [3.63, 3.8) is 0 Å². The second-order valence-corrected chi connectivity index (χ2v) is 5.80. The lowest BCUT2D eigenvalue weighted by atomic mass is 10.2. The van der Waals surface area contributed by atoms with Crippen molar-refractivity contribution in [2.24, 2.45) is 5.73 Å². The number of nitrogens with two attached hydrogens (primary N) is 1. The molecular formula is C10H15F2N3O4S. The highest BCUT2D eigenvalue weighted by atomic mass is 32.2. The smallest absolute Gasteiger partial charge is 0.277 e. The minimum atomic E-state index is -3.85. The minimum absolute atomic E-state index is 0.00684. The van der Waals surface area contributed by atoms with Crippen LogP contribution < -0.4 is 15.8 Å². The van der Waals surface area contributed by atoms with E-state index < -0.39 is 40.0 Å². The zero-order chi connectivity index (χ0) is 15.6. The molecule has 1 aromatic heterocycles. The van der Waals surface area contributed by atoms with Gasteiger partial charge in [0.05, 0.1) is 18.7 Å². The Hall–Kier alpha value is -1.52. The van der Waals surface area contributed by atoms with Crippen LogP contribution in [0.5, 0.6) is 0 Å². The number of nitrogens with one attached hydrogen (secondary N) is 2. The monoisotopic (exact) mass is 311 g/mol. The van der Waals surface area contributed by atoms with Crippen molar-refractivity contribution in [1.82, 2.24) is 10.0 Å². The Morgan fingerprint density at radius 2 is 2.10 bits per heavy atom. The fourth-order valence-corrected chi connectivity index (χ4v) is 2.00. The predicted octanol–water partition coefficient (Wildman–Crippen LogP) is -0.180. The van der Waals surface area contributed by atoms with Gasteiger partial charge in [-0.25, -0.2) is 21.9 Å².